The zero-order chi connectivity index (χ0) is 15.0. The van der Waals surface area contributed by atoms with Crippen LogP contribution in [0, 0.1) is 10.1 Å². The van der Waals surface area contributed by atoms with Crippen LogP contribution < -0.4 is 11.2 Å². The normalized spacial score (nSPS) is 10.5. The van der Waals surface area contributed by atoms with Crippen molar-refractivity contribution in [3.63, 3.8) is 0 Å². The Balaban J connectivity index is 2.56. The molecule has 20 heavy (non-hydrogen) atoms. The fourth-order valence-electron chi connectivity index (χ4n) is 1.64. The Hall–Kier alpha value is -2.97. The fraction of sp³-hybridized carbons (Fsp3) is 0.182. The SMILES string of the molecule is Cn1cc(C(=O)c2ccc([N+](=O)[O-])o2)c(=O)n(C)c1=O. The molecule has 9 heteroatoms. The number of rotatable bonds is 3. The van der Waals surface area contributed by atoms with E-state index in [1.54, 1.807) is 0 Å². The van der Waals surface area contributed by atoms with E-state index < -0.39 is 27.8 Å². The van der Waals surface area contributed by atoms with Gasteiger partial charge in [-0.25, -0.2) is 4.79 Å². The molecule has 0 radical (unpaired) electrons. The van der Waals surface area contributed by atoms with Gasteiger partial charge in [-0.05, 0) is 6.07 Å². The molecule has 0 aliphatic heterocycles. The number of aryl methyl sites for hydroxylation is 1. The molecule has 0 saturated carbocycles. The lowest BCUT2D eigenvalue weighted by atomic mass is 10.2. The molecule has 0 aromatic carbocycles. The van der Waals surface area contributed by atoms with E-state index in [0.29, 0.717) is 0 Å². The van der Waals surface area contributed by atoms with Crippen LogP contribution in [0.3, 0.4) is 0 Å². The van der Waals surface area contributed by atoms with Crippen LogP contribution in [-0.2, 0) is 14.1 Å². The van der Waals surface area contributed by atoms with Crippen LogP contribution in [0.25, 0.3) is 0 Å². The topological polar surface area (TPSA) is 117 Å². The highest BCUT2D eigenvalue weighted by Crippen LogP contribution is 2.17. The maximum absolute atomic E-state index is 12.1. The molecule has 0 atom stereocenters. The number of hydrogen-bond donors (Lipinski definition) is 0. The van der Waals surface area contributed by atoms with Crippen LogP contribution in [0.5, 0.6) is 0 Å². The van der Waals surface area contributed by atoms with Gasteiger partial charge in [0.2, 0.25) is 5.78 Å². The molecule has 2 aromatic rings. The summed E-state index contributed by atoms with van der Waals surface area (Å²) in [4.78, 5) is 45.1. The van der Waals surface area contributed by atoms with Gasteiger partial charge in [-0.1, -0.05) is 0 Å². The van der Waals surface area contributed by atoms with E-state index in [2.05, 4.69) is 0 Å². The highest BCUT2D eigenvalue weighted by Gasteiger charge is 2.22. The van der Waals surface area contributed by atoms with E-state index in [1.807, 2.05) is 0 Å². The van der Waals surface area contributed by atoms with Crippen LogP contribution in [-0.4, -0.2) is 19.8 Å². The summed E-state index contributed by atoms with van der Waals surface area (Å²) in [6, 6.07) is 2.12. The minimum Gasteiger partial charge on any atom is -0.397 e. The lowest BCUT2D eigenvalue weighted by Crippen LogP contribution is -2.39. The first-order valence-electron chi connectivity index (χ1n) is 5.38. The van der Waals surface area contributed by atoms with Crippen LogP contribution >= 0.6 is 0 Å². The van der Waals surface area contributed by atoms with E-state index in [0.717, 1.165) is 27.5 Å². The lowest BCUT2D eigenvalue weighted by molar-refractivity contribution is -0.402. The summed E-state index contributed by atoms with van der Waals surface area (Å²) >= 11 is 0. The number of furan rings is 1. The lowest BCUT2D eigenvalue weighted by Gasteiger charge is -2.04. The van der Waals surface area contributed by atoms with Crippen molar-refractivity contribution in [1.29, 1.82) is 0 Å². The Bertz CT molecular complexity index is 825. The summed E-state index contributed by atoms with van der Waals surface area (Å²) in [6.45, 7) is 0. The molecule has 2 rings (SSSR count). The largest absolute Gasteiger partial charge is 0.433 e. The predicted molar refractivity (Wildman–Crippen MR) is 65.7 cm³/mol. The molecule has 104 valence electrons. The quantitative estimate of drug-likeness (QED) is 0.437. The standard InChI is InChI=1S/C11H9N3O6/c1-12-5-6(10(16)13(2)11(12)17)9(15)7-3-4-8(20-7)14(18)19/h3-5H,1-2H3. The van der Waals surface area contributed by atoms with Crippen LogP contribution in [0.2, 0.25) is 0 Å². The third kappa shape index (κ3) is 2.05. The molecule has 0 aliphatic carbocycles. The number of nitrogens with zero attached hydrogens (tertiary/aromatic N) is 3. The monoisotopic (exact) mass is 279 g/mol. The van der Waals surface area contributed by atoms with E-state index in [4.69, 9.17) is 4.42 Å². The third-order valence-corrected chi connectivity index (χ3v) is 2.69. The number of carbonyl (C=O) groups excluding carboxylic acids is 1. The fourth-order valence-corrected chi connectivity index (χ4v) is 1.64. The van der Waals surface area contributed by atoms with Gasteiger partial charge in [0.1, 0.15) is 10.5 Å². The number of carbonyl (C=O) groups is 1. The van der Waals surface area contributed by atoms with E-state index >= 15 is 0 Å². The van der Waals surface area contributed by atoms with Crippen molar-refractivity contribution < 1.29 is 14.1 Å². The van der Waals surface area contributed by atoms with Crippen molar-refractivity contribution in [3.05, 3.63) is 60.6 Å². The van der Waals surface area contributed by atoms with Crippen LogP contribution in [0.1, 0.15) is 16.1 Å². The Morgan fingerprint density at radius 2 is 1.95 bits per heavy atom. The van der Waals surface area contributed by atoms with Crippen LogP contribution in [0.4, 0.5) is 5.88 Å². The molecule has 0 spiro atoms. The van der Waals surface area contributed by atoms with Crippen LogP contribution in [0.15, 0.2) is 32.3 Å². The maximum atomic E-state index is 12.1. The smallest absolute Gasteiger partial charge is 0.397 e. The van der Waals surface area contributed by atoms with Gasteiger partial charge in [0.25, 0.3) is 5.56 Å². The van der Waals surface area contributed by atoms with Gasteiger partial charge in [-0.2, -0.15) is 0 Å². The summed E-state index contributed by atoms with van der Waals surface area (Å²) < 4.78 is 6.57. The molecule has 0 amide bonds. The molecule has 0 aliphatic rings. The number of aromatic nitrogens is 2. The zero-order valence-electron chi connectivity index (χ0n) is 10.5. The molecule has 0 unspecified atom stereocenters. The van der Waals surface area contributed by atoms with Gasteiger partial charge < -0.3 is 8.98 Å². The second kappa shape index (κ2) is 4.61. The Morgan fingerprint density at radius 1 is 1.30 bits per heavy atom. The van der Waals surface area contributed by atoms with Gasteiger partial charge in [0.15, 0.2) is 5.76 Å². The molecule has 2 aromatic heterocycles. The molecule has 0 saturated heterocycles. The molecule has 0 bridgehead atoms. The van der Waals surface area contributed by atoms with Gasteiger partial charge in [0.05, 0.1) is 6.07 Å². The molecule has 0 N–H and O–H groups in total. The van der Waals surface area contributed by atoms with Crippen molar-refractivity contribution in [3.8, 4) is 0 Å². The molecular formula is C11H9N3O6. The molecular weight excluding hydrogens is 270 g/mol. The zero-order valence-corrected chi connectivity index (χ0v) is 10.5. The average molecular weight is 279 g/mol. The van der Waals surface area contributed by atoms with Gasteiger partial charge in [-0.15, -0.1) is 0 Å². The Labute approximate surface area is 110 Å². The van der Waals surface area contributed by atoms with Crippen molar-refractivity contribution in [2.45, 2.75) is 0 Å². The van der Waals surface area contributed by atoms with Gasteiger partial charge in [0, 0.05) is 20.3 Å². The predicted octanol–water partition coefficient (Wildman–Crippen LogP) is -0.184. The second-order valence-electron chi connectivity index (χ2n) is 4.02. The second-order valence-corrected chi connectivity index (χ2v) is 4.02. The van der Waals surface area contributed by atoms with Gasteiger partial charge in [-0.3, -0.25) is 24.3 Å². The van der Waals surface area contributed by atoms with E-state index in [1.165, 1.54) is 14.1 Å². The molecule has 0 fully saturated rings. The number of hydrogen-bond acceptors (Lipinski definition) is 6. The van der Waals surface area contributed by atoms with Crippen molar-refractivity contribution in [1.82, 2.24) is 9.13 Å². The first kappa shape index (κ1) is 13.5. The maximum Gasteiger partial charge on any atom is 0.433 e. The Kier molecular flexibility index (Phi) is 3.10. The Morgan fingerprint density at radius 3 is 2.50 bits per heavy atom. The highest BCUT2D eigenvalue weighted by atomic mass is 16.6. The first-order chi connectivity index (χ1) is 9.32. The highest BCUT2D eigenvalue weighted by molar-refractivity contribution is 6.06. The van der Waals surface area contributed by atoms with Crippen molar-refractivity contribution >= 4 is 11.7 Å². The first-order valence-corrected chi connectivity index (χ1v) is 5.38. The van der Waals surface area contributed by atoms with Crippen molar-refractivity contribution in [2.24, 2.45) is 14.1 Å². The summed E-state index contributed by atoms with van der Waals surface area (Å²) in [6.07, 6.45) is 1.07. The summed E-state index contributed by atoms with van der Waals surface area (Å²) in [5.41, 5.74) is -1.69. The molecule has 2 heterocycles. The summed E-state index contributed by atoms with van der Waals surface area (Å²) in [5, 5.41) is 10.5. The molecule has 9 nitrogen and oxygen atoms in total. The number of ketones is 1. The summed E-state index contributed by atoms with van der Waals surface area (Å²) in [5.74, 6) is -1.77. The minimum absolute atomic E-state index is 0.307. The minimum atomic E-state index is -0.825. The average Bonchev–Trinajstić information content (AvgIpc) is 2.89. The van der Waals surface area contributed by atoms with Crippen molar-refractivity contribution in [2.75, 3.05) is 0 Å². The van der Waals surface area contributed by atoms with Gasteiger partial charge >= 0.3 is 11.6 Å². The van der Waals surface area contributed by atoms with E-state index in [-0.39, 0.29) is 11.3 Å². The number of nitro groups is 1. The van der Waals surface area contributed by atoms with E-state index in [9.17, 15) is 24.5 Å². The third-order valence-electron chi connectivity index (χ3n) is 2.69. The summed E-state index contributed by atoms with van der Waals surface area (Å²) in [7, 11) is 2.61.